The highest BCUT2D eigenvalue weighted by Crippen LogP contribution is 2.26. The second-order valence-electron chi connectivity index (χ2n) is 4.86. The Balaban J connectivity index is 2.08. The zero-order chi connectivity index (χ0) is 18.4. The standard InChI is InChI=1S/C16H14ClN3O4S/c1-24-14-6-5-12(17)8-15(14)25(22,23)19-10-16(21)20-13-4-2-3-11(7-13)9-18/h2-8,19H,10H2,1H3,(H,20,21). The minimum Gasteiger partial charge on any atom is -0.495 e. The number of carbonyl (C=O) groups excluding carboxylic acids is 1. The fourth-order valence-corrected chi connectivity index (χ4v) is 3.38. The largest absolute Gasteiger partial charge is 0.495 e. The van der Waals surface area contributed by atoms with Crippen LogP contribution in [0.3, 0.4) is 0 Å². The van der Waals surface area contributed by atoms with Crippen molar-refractivity contribution in [1.29, 1.82) is 5.26 Å². The van der Waals surface area contributed by atoms with E-state index in [4.69, 9.17) is 21.6 Å². The van der Waals surface area contributed by atoms with Crippen LogP contribution in [0.25, 0.3) is 0 Å². The predicted octanol–water partition coefficient (Wildman–Crippen LogP) is 2.14. The minimum absolute atomic E-state index is 0.110. The maximum absolute atomic E-state index is 12.3. The molecule has 0 aromatic heterocycles. The van der Waals surface area contributed by atoms with Gasteiger partial charge in [-0.3, -0.25) is 4.79 Å². The molecule has 2 rings (SSSR count). The number of nitrogens with one attached hydrogen (secondary N) is 2. The lowest BCUT2D eigenvalue weighted by atomic mass is 10.2. The highest BCUT2D eigenvalue weighted by molar-refractivity contribution is 7.89. The Hall–Kier alpha value is -2.60. The van der Waals surface area contributed by atoms with Crippen LogP contribution in [0.4, 0.5) is 5.69 Å². The molecule has 0 bridgehead atoms. The van der Waals surface area contributed by atoms with Crippen molar-refractivity contribution in [3.63, 3.8) is 0 Å². The summed E-state index contributed by atoms with van der Waals surface area (Å²) in [6, 6.07) is 12.4. The molecule has 1 amide bonds. The number of halogens is 1. The van der Waals surface area contributed by atoms with E-state index in [2.05, 4.69) is 10.0 Å². The Kier molecular flexibility index (Phi) is 5.98. The van der Waals surface area contributed by atoms with E-state index in [9.17, 15) is 13.2 Å². The van der Waals surface area contributed by atoms with Crippen LogP contribution in [0.2, 0.25) is 5.02 Å². The molecule has 0 unspecified atom stereocenters. The lowest BCUT2D eigenvalue weighted by Crippen LogP contribution is -2.33. The van der Waals surface area contributed by atoms with Gasteiger partial charge in [-0.25, -0.2) is 13.1 Å². The summed E-state index contributed by atoms with van der Waals surface area (Å²) >= 11 is 5.83. The van der Waals surface area contributed by atoms with Crippen molar-refractivity contribution in [3.05, 3.63) is 53.1 Å². The number of hydrogen-bond acceptors (Lipinski definition) is 5. The SMILES string of the molecule is COc1ccc(Cl)cc1S(=O)(=O)NCC(=O)Nc1cccc(C#N)c1. The van der Waals surface area contributed by atoms with Crippen LogP contribution in [0.15, 0.2) is 47.4 Å². The van der Waals surface area contributed by atoms with E-state index in [1.165, 1.54) is 31.4 Å². The van der Waals surface area contributed by atoms with Crippen LogP contribution >= 0.6 is 11.6 Å². The Morgan fingerprint density at radius 3 is 2.72 bits per heavy atom. The molecular formula is C16H14ClN3O4S. The third-order valence-electron chi connectivity index (χ3n) is 3.11. The van der Waals surface area contributed by atoms with Gasteiger partial charge < -0.3 is 10.1 Å². The molecule has 0 heterocycles. The van der Waals surface area contributed by atoms with Crippen LogP contribution in [0.1, 0.15) is 5.56 Å². The molecule has 0 atom stereocenters. The van der Waals surface area contributed by atoms with Crippen LogP contribution < -0.4 is 14.8 Å². The Bertz CT molecular complexity index is 939. The first-order valence-corrected chi connectivity index (χ1v) is 8.85. The number of benzene rings is 2. The summed E-state index contributed by atoms with van der Waals surface area (Å²) < 4.78 is 31.9. The number of sulfonamides is 1. The van der Waals surface area contributed by atoms with Gasteiger partial charge in [0.05, 0.1) is 25.3 Å². The third kappa shape index (κ3) is 4.93. The minimum atomic E-state index is -4.00. The van der Waals surface area contributed by atoms with Crippen molar-refractivity contribution in [1.82, 2.24) is 4.72 Å². The highest BCUT2D eigenvalue weighted by Gasteiger charge is 2.21. The molecule has 0 aliphatic heterocycles. The molecule has 0 radical (unpaired) electrons. The van der Waals surface area contributed by atoms with Crippen molar-refractivity contribution in [2.45, 2.75) is 4.90 Å². The average Bonchev–Trinajstić information content (AvgIpc) is 2.60. The molecule has 130 valence electrons. The van der Waals surface area contributed by atoms with Crippen LogP contribution in [0.5, 0.6) is 5.75 Å². The number of nitrogens with zero attached hydrogens (tertiary/aromatic N) is 1. The number of nitriles is 1. The molecule has 7 nitrogen and oxygen atoms in total. The lowest BCUT2D eigenvalue weighted by Gasteiger charge is -2.11. The van der Waals surface area contributed by atoms with E-state index >= 15 is 0 Å². The number of anilines is 1. The fourth-order valence-electron chi connectivity index (χ4n) is 1.97. The van der Waals surface area contributed by atoms with Gasteiger partial charge in [0.2, 0.25) is 15.9 Å². The molecule has 0 fully saturated rings. The van der Waals surface area contributed by atoms with E-state index in [0.29, 0.717) is 11.3 Å². The smallest absolute Gasteiger partial charge is 0.244 e. The van der Waals surface area contributed by atoms with E-state index in [1.54, 1.807) is 18.2 Å². The molecule has 0 saturated heterocycles. The van der Waals surface area contributed by atoms with Gasteiger partial charge in [-0.15, -0.1) is 0 Å². The van der Waals surface area contributed by atoms with Crippen molar-refractivity contribution >= 4 is 33.2 Å². The summed E-state index contributed by atoms with van der Waals surface area (Å²) in [5.41, 5.74) is 0.769. The summed E-state index contributed by atoms with van der Waals surface area (Å²) in [5, 5.41) is 11.6. The first-order valence-electron chi connectivity index (χ1n) is 6.99. The molecule has 2 N–H and O–H groups in total. The molecule has 0 spiro atoms. The topological polar surface area (TPSA) is 108 Å². The monoisotopic (exact) mass is 379 g/mol. The van der Waals surface area contributed by atoms with Gasteiger partial charge in [-0.05, 0) is 36.4 Å². The van der Waals surface area contributed by atoms with E-state index in [0.717, 1.165) is 0 Å². The molecule has 0 saturated carbocycles. The van der Waals surface area contributed by atoms with E-state index < -0.39 is 22.5 Å². The van der Waals surface area contributed by atoms with Gasteiger partial charge >= 0.3 is 0 Å². The normalized spacial score (nSPS) is 10.8. The number of methoxy groups -OCH3 is 1. The van der Waals surface area contributed by atoms with Gasteiger partial charge in [0.15, 0.2) is 0 Å². The summed E-state index contributed by atoms with van der Waals surface area (Å²) in [7, 11) is -2.67. The average molecular weight is 380 g/mol. The van der Waals surface area contributed by atoms with Crippen LogP contribution in [0, 0.1) is 11.3 Å². The van der Waals surface area contributed by atoms with Gasteiger partial charge in [-0.2, -0.15) is 5.26 Å². The van der Waals surface area contributed by atoms with E-state index in [-0.39, 0.29) is 15.7 Å². The zero-order valence-corrected chi connectivity index (χ0v) is 14.7. The number of rotatable bonds is 6. The van der Waals surface area contributed by atoms with Crippen molar-refractivity contribution in [3.8, 4) is 11.8 Å². The van der Waals surface area contributed by atoms with Gasteiger partial charge in [0.25, 0.3) is 0 Å². The van der Waals surface area contributed by atoms with Crippen molar-refractivity contribution in [2.24, 2.45) is 0 Å². The second-order valence-corrected chi connectivity index (χ2v) is 7.03. The second kappa shape index (κ2) is 7.98. The number of ether oxygens (including phenoxy) is 1. The Morgan fingerprint density at radius 1 is 1.28 bits per heavy atom. The predicted molar refractivity (Wildman–Crippen MR) is 93.0 cm³/mol. The van der Waals surface area contributed by atoms with Gasteiger partial charge in [0, 0.05) is 10.7 Å². The quantitative estimate of drug-likeness (QED) is 0.799. The molecule has 9 heteroatoms. The fraction of sp³-hybridized carbons (Fsp3) is 0.125. The van der Waals surface area contributed by atoms with Crippen molar-refractivity contribution < 1.29 is 17.9 Å². The number of amides is 1. The summed E-state index contributed by atoms with van der Waals surface area (Å²) in [5.74, 6) is -0.473. The third-order valence-corrected chi connectivity index (χ3v) is 4.77. The van der Waals surface area contributed by atoms with Crippen molar-refractivity contribution in [2.75, 3.05) is 19.0 Å². The highest BCUT2D eigenvalue weighted by atomic mass is 35.5. The lowest BCUT2D eigenvalue weighted by molar-refractivity contribution is -0.115. The Morgan fingerprint density at radius 2 is 2.04 bits per heavy atom. The summed E-state index contributed by atoms with van der Waals surface area (Å²) in [4.78, 5) is 11.8. The number of hydrogen-bond donors (Lipinski definition) is 2. The van der Waals surface area contributed by atoms with Gasteiger partial charge in [0.1, 0.15) is 10.6 Å². The molecule has 0 aliphatic rings. The first-order chi connectivity index (χ1) is 11.9. The summed E-state index contributed by atoms with van der Waals surface area (Å²) in [6.07, 6.45) is 0. The first kappa shape index (κ1) is 18.7. The maximum atomic E-state index is 12.3. The molecule has 25 heavy (non-hydrogen) atoms. The summed E-state index contributed by atoms with van der Waals surface area (Å²) in [6.45, 7) is -0.491. The van der Waals surface area contributed by atoms with Gasteiger partial charge in [-0.1, -0.05) is 17.7 Å². The number of carbonyl (C=O) groups is 1. The zero-order valence-electron chi connectivity index (χ0n) is 13.1. The molecular weight excluding hydrogens is 366 g/mol. The maximum Gasteiger partial charge on any atom is 0.244 e. The van der Waals surface area contributed by atoms with Crippen LogP contribution in [-0.2, 0) is 14.8 Å². The molecule has 2 aromatic rings. The molecule has 0 aliphatic carbocycles. The molecule has 2 aromatic carbocycles. The van der Waals surface area contributed by atoms with E-state index in [1.807, 2.05) is 6.07 Å². The Labute approximate surface area is 150 Å². The van der Waals surface area contributed by atoms with Crippen LogP contribution in [-0.4, -0.2) is 28.0 Å².